The number of hydrogen-bond acceptors (Lipinski definition) is 5. The van der Waals surface area contributed by atoms with Gasteiger partial charge in [-0.2, -0.15) is 10.4 Å². The number of nitriles is 1. The smallest absolute Gasteiger partial charge is 0.252 e. The number of unbranched alkanes of at least 4 members (excludes halogenated alkanes) is 1. The van der Waals surface area contributed by atoms with Gasteiger partial charge in [0.15, 0.2) is 0 Å². The van der Waals surface area contributed by atoms with Crippen LogP contribution in [0.15, 0.2) is 33.8 Å². The first-order chi connectivity index (χ1) is 13.2. The van der Waals surface area contributed by atoms with Crippen LogP contribution in [0.3, 0.4) is 0 Å². The summed E-state index contributed by atoms with van der Waals surface area (Å²) in [5.41, 5.74) is 3.91. The molecule has 2 aromatic rings. The molecule has 1 heterocycles. The molecule has 0 aliphatic heterocycles. The van der Waals surface area contributed by atoms with Gasteiger partial charge in [-0.1, -0.05) is 49.9 Å². The van der Waals surface area contributed by atoms with Crippen LogP contribution in [0, 0.1) is 17.2 Å². The summed E-state index contributed by atoms with van der Waals surface area (Å²) in [5, 5.41) is 14.1. The van der Waals surface area contributed by atoms with Crippen molar-refractivity contribution < 1.29 is 4.42 Å². The zero-order chi connectivity index (χ0) is 19.1. The highest BCUT2D eigenvalue weighted by molar-refractivity contribution is 6.30. The third kappa shape index (κ3) is 5.33. The average Bonchev–Trinajstić information content (AvgIpc) is 3.10. The zero-order valence-corrected chi connectivity index (χ0v) is 16.4. The molecule has 1 aliphatic carbocycles. The lowest BCUT2D eigenvalue weighted by atomic mass is 9.80. The Morgan fingerprint density at radius 2 is 2.19 bits per heavy atom. The maximum Gasteiger partial charge on any atom is 0.252 e. The van der Waals surface area contributed by atoms with E-state index in [4.69, 9.17) is 16.0 Å². The standard InChI is InChI=1S/C21H25ClN4O/c1-2-3-5-15-8-10-17(11-9-15)20-25-19(13-23)21(27-20)26-24-14-16-6-4-7-18(22)12-16/h4,6-7,12,14-15,17,26H,2-3,5,8-11H2,1H3/b24-14-. The van der Waals surface area contributed by atoms with Gasteiger partial charge in [0, 0.05) is 10.9 Å². The van der Waals surface area contributed by atoms with E-state index < -0.39 is 0 Å². The molecule has 1 aromatic carbocycles. The molecule has 5 nitrogen and oxygen atoms in total. The molecule has 1 aliphatic rings. The predicted octanol–water partition coefficient (Wildman–Crippen LogP) is 6.11. The number of anilines is 1. The van der Waals surface area contributed by atoms with Crippen LogP contribution in [0.2, 0.25) is 5.02 Å². The summed E-state index contributed by atoms with van der Waals surface area (Å²) < 4.78 is 5.84. The number of nitrogens with one attached hydrogen (secondary N) is 1. The molecular formula is C21H25ClN4O. The second-order valence-corrected chi connectivity index (χ2v) is 7.56. The summed E-state index contributed by atoms with van der Waals surface area (Å²) in [5.74, 6) is 2.08. The molecule has 0 atom stereocenters. The topological polar surface area (TPSA) is 74.2 Å². The van der Waals surface area contributed by atoms with Crippen molar-refractivity contribution in [3.05, 3.63) is 46.4 Å². The van der Waals surface area contributed by atoms with Crippen LogP contribution in [0.4, 0.5) is 5.88 Å². The molecule has 0 radical (unpaired) electrons. The molecule has 0 saturated heterocycles. The van der Waals surface area contributed by atoms with Gasteiger partial charge in [-0.3, -0.25) is 0 Å². The van der Waals surface area contributed by atoms with Crippen LogP contribution in [-0.2, 0) is 0 Å². The fraction of sp³-hybridized carbons (Fsp3) is 0.476. The van der Waals surface area contributed by atoms with E-state index in [-0.39, 0.29) is 5.69 Å². The quantitative estimate of drug-likeness (QED) is 0.461. The number of aromatic nitrogens is 1. The fourth-order valence-corrected chi connectivity index (χ4v) is 3.80. The Hall–Kier alpha value is -2.32. The Bertz CT molecular complexity index is 816. The van der Waals surface area contributed by atoms with E-state index in [0.717, 1.165) is 24.3 Å². The van der Waals surface area contributed by atoms with Crippen LogP contribution >= 0.6 is 11.6 Å². The van der Waals surface area contributed by atoms with E-state index in [0.29, 0.717) is 22.7 Å². The van der Waals surface area contributed by atoms with Crippen LogP contribution in [-0.4, -0.2) is 11.2 Å². The van der Waals surface area contributed by atoms with Crippen molar-refractivity contribution in [1.82, 2.24) is 4.98 Å². The van der Waals surface area contributed by atoms with Gasteiger partial charge in [0.2, 0.25) is 11.6 Å². The number of nitrogens with zero attached hydrogens (tertiary/aromatic N) is 3. The molecule has 0 bridgehead atoms. The lowest BCUT2D eigenvalue weighted by Crippen LogP contribution is -2.13. The molecule has 0 amide bonds. The van der Waals surface area contributed by atoms with E-state index >= 15 is 0 Å². The molecule has 6 heteroatoms. The maximum absolute atomic E-state index is 9.34. The van der Waals surface area contributed by atoms with Gasteiger partial charge in [0.05, 0.1) is 6.21 Å². The van der Waals surface area contributed by atoms with E-state index in [1.807, 2.05) is 12.1 Å². The number of halogens is 1. The molecular weight excluding hydrogens is 360 g/mol. The molecule has 1 fully saturated rings. The third-order valence-corrected chi connectivity index (χ3v) is 5.38. The Kier molecular flexibility index (Phi) is 6.89. The minimum Gasteiger partial charge on any atom is -0.422 e. The minimum atomic E-state index is 0.251. The first kappa shape index (κ1) is 19.4. The van der Waals surface area contributed by atoms with Crippen LogP contribution < -0.4 is 5.43 Å². The summed E-state index contributed by atoms with van der Waals surface area (Å²) in [6, 6.07) is 9.45. The highest BCUT2D eigenvalue weighted by atomic mass is 35.5. The van der Waals surface area contributed by atoms with Crippen LogP contribution in [0.1, 0.15) is 74.9 Å². The van der Waals surface area contributed by atoms with Crippen molar-refractivity contribution in [3.63, 3.8) is 0 Å². The number of hydrazone groups is 1. The monoisotopic (exact) mass is 384 g/mol. The van der Waals surface area contributed by atoms with E-state index in [9.17, 15) is 5.26 Å². The van der Waals surface area contributed by atoms with Crippen molar-refractivity contribution >= 4 is 23.7 Å². The SMILES string of the molecule is CCCCC1CCC(c2nc(C#N)c(N/N=C\c3cccc(Cl)c3)o2)CC1. The van der Waals surface area contributed by atoms with Gasteiger partial charge in [-0.25, -0.2) is 10.4 Å². The van der Waals surface area contributed by atoms with Crippen molar-refractivity contribution in [2.24, 2.45) is 11.0 Å². The summed E-state index contributed by atoms with van der Waals surface area (Å²) in [6.07, 6.45) is 10.1. The van der Waals surface area contributed by atoms with E-state index in [2.05, 4.69) is 28.5 Å². The zero-order valence-electron chi connectivity index (χ0n) is 15.6. The average molecular weight is 385 g/mol. The predicted molar refractivity (Wildman–Crippen MR) is 108 cm³/mol. The molecule has 3 rings (SSSR count). The van der Waals surface area contributed by atoms with Gasteiger partial charge in [0.25, 0.3) is 5.88 Å². The Balaban J connectivity index is 1.61. The van der Waals surface area contributed by atoms with Gasteiger partial charge in [0.1, 0.15) is 6.07 Å². The molecule has 1 N–H and O–H groups in total. The second kappa shape index (κ2) is 9.57. The van der Waals surface area contributed by atoms with Crippen molar-refractivity contribution in [2.75, 3.05) is 5.43 Å². The normalized spacial score (nSPS) is 19.9. The van der Waals surface area contributed by atoms with E-state index in [1.54, 1.807) is 18.3 Å². The first-order valence-electron chi connectivity index (χ1n) is 9.65. The number of rotatable bonds is 7. The Labute approximate surface area is 165 Å². The van der Waals surface area contributed by atoms with Gasteiger partial charge >= 0.3 is 0 Å². The van der Waals surface area contributed by atoms with Crippen molar-refractivity contribution in [1.29, 1.82) is 5.26 Å². The lowest BCUT2D eigenvalue weighted by molar-refractivity contribution is 0.278. The Morgan fingerprint density at radius 3 is 2.89 bits per heavy atom. The van der Waals surface area contributed by atoms with Crippen LogP contribution in [0.25, 0.3) is 0 Å². The highest BCUT2D eigenvalue weighted by Gasteiger charge is 2.27. The minimum absolute atomic E-state index is 0.251. The van der Waals surface area contributed by atoms with Crippen LogP contribution in [0.5, 0.6) is 0 Å². The lowest BCUT2D eigenvalue weighted by Gasteiger charge is -2.26. The molecule has 27 heavy (non-hydrogen) atoms. The summed E-state index contributed by atoms with van der Waals surface area (Å²) in [4.78, 5) is 4.39. The van der Waals surface area contributed by atoms with Gasteiger partial charge in [-0.15, -0.1) is 0 Å². The number of oxazole rings is 1. The van der Waals surface area contributed by atoms with Crippen molar-refractivity contribution in [3.8, 4) is 6.07 Å². The maximum atomic E-state index is 9.34. The molecule has 0 unspecified atom stereocenters. The van der Waals surface area contributed by atoms with E-state index in [1.165, 1.54) is 32.1 Å². The summed E-state index contributed by atoms with van der Waals surface area (Å²) in [7, 11) is 0. The Morgan fingerprint density at radius 1 is 1.37 bits per heavy atom. The van der Waals surface area contributed by atoms with Gasteiger partial charge in [-0.05, 0) is 49.3 Å². The first-order valence-corrected chi connectivity index (χ1v) is 10.0. The van der Waals surface area contributed by atoms with Gasteiger partial charge < -0.3 is 4.42 Å². The molecule has 1 aromatic heterocycles. The fourth-order valence-electron chi connectivity index (χ4n) is 3.61. The summed E-state index contributed by atoms with van der Waals surface area (Å²) in [6.45, 7) is 2.24. The highest BCUT2D eigenvalue weighted by Crippen LogP contribution is 2.38. The second-order valence-electron chi connectivity index (χ2n) is 7.13. The van der Waals surface area contributed by atoms with Crippen molar-refractivity contribution in [2.45, 2.75) is 57.8 Å². The largest absolute Gasteiger partial charge is 0.422 e. The number of hydrogen-bond donors (Lipinski definition) is 1. The summed E-state index contributed by atoms with van der Waals surface area (Å²) >= 11 is 5.96. The molecule has 0 spiro atoms. The molecule has 1 saturated carbocycles. The number of benzene rings is 1. The molecule has 142 valence electrons. The third-order valence-electron chi connectivity index (χ3n) is 5.14.